The van der Waals surface area contributed by atoms with Crippen molar-refractivity contribution in [2.24, 2.45) is 0 Å². The molecule has 0 aliphatic heterocycles. The van der Waals surface area contributed by atoms with Crippen molar-refractivity contribution in [1.29, 1.82) is 5.26 Å². The van der Waals surface area contributed by atoms with Gasteiger partial charge in [0.15, 0.2) is 0 Å². The van der Waals surface area contributed by atoms with E-state index >= 15 is 0 Å². The summed E-state index contributed by atoms with van der Waals surface area (Å²) in [4.78, 5) is 3.87. The molecule has 0 saturated heterocycles. The highest BCUT2D eigenvalue weighted by molar-refractivity contribution is 6.17. The number of nitrogens with zero attached hydrogens (tertiary/aromatic N) is 2. The van der Waals surface area contributed by atoms with Crippen molar-refractivity contribution in [2.75, 3.05) is 0 Å². The van der Waals surface area contributed by atoms with E-state index in [1.165, 1.54) is 6.92 Å². The molecule has 11 heavy (non-hydrogen) atoms. The van der Waals surface area contributed by atoms with Crippen molar-refractivity contribution in [3.05, 3.63) is 30.1 Å². The number of halogens is 1. The highest BCUT2D eigenvalue weighted by Crippen LogP contribution is 1.98. The van der Waals surface area contributed by atoms with Crippen molar-refractivity contribution in [3.63, 3.8) is 0 Å². The molecule has 0 fully saturated rings. The zero-order chi connectivity index (χ0) is 8.53. The highest BCUT2D eigenvalue weighted by atomic mass is 35.5. The van der Waals surface area contributed by atoms with Gasteiger partial charge in [0.2, 0.25) is 0 Å². The molecule has 0 atom stereocenters. The van der Waals surface area contributed by atoms with E-state index in [4.69, 9.17) is 16.9 Å². The Bertz CT molecular complexity index is 215. The lowest BCUT2D eigenvalue weighted by Gasteiger charge is -1.87. The zero-order valence-electron chi connectivity index (χ0n) is 6.29. The number of hydrogen-bond donors (Lipinski definition) is 0. The Kier molecular flexibility index (Phi) is 6.36. The maximum absolute atomic E-state index is 7.32. The van der Waals surface area contributed by atoms with Gasteiger partial charge in [-0.1, -0.05) is 6.07 Å². The number of hydrogen-bond acceptors (Lipinski definition) is 2. The van der Waals surface area contributed by atoms with E-state index in [-0.39, 0.29) is 0 Å². The van der Waals surface area contributed by atoms with Crippen LogP contribution in [0.25, 0.3) is 0 Å². The standard InChI is InChI=1S/C6H6ClN.C2H3N/c7-4-6-2-1-3-8-5-6;1-2-3/h1-3,5H,4H2;1H3. The Labute approximate surface area is 71.4 Å². The van der Waals surface area contributed by atoms with E-state index in [0.29, 0.717) is 5.88 Å². The molecule has 58 valence electrons. The lowest BCUT2D eigenvalue weighted by Crippen LogP contribution is -1.75. The first-order chi connectivity index (χ1) is 5.35. The van der Waals surface area contributed by atoms with Crippen molar-refractivity contribution >= 4 is 11.6 Å². The average molecular weight is 169 g/mol. The van der Waals surface area contributed by atoms with Gasteiger partial charge in [0.05, 0.1) is 6.07 Å². The van der Waals surface area contributed by atoms with Gasteiger partial charge >= 0.3 is 0 Å². The minimum atomic E-state index is 0.549. The van der Waals surface area contributed by atoms with Crippen LogP contribution in [0, 0.1) is 11.3 Å². The van der Waals surface area contributed by atoms with Crippen LogP contribution in [0.3, 0.4) is 0 Å². The second kappa shape index (κ2) is 7.04. The van der Waals surface area contributed by atoms with Crippen molar-refractivity contribution < 1.29 is 0 Å². The molecule has 0 aliphatic carbocycles. The molecule has 0 unspecified atom stereocenters. The van der Waals surface area contributed by atoms with E-state index in [0.717, 1.165) is 5.56 Å². The van der Waals surface area contributed by atoms with Gasteiger partial charge in [-0.25, -0.2) is 0 Å². The lowest BCUT2D eigenvalue weighted by molar-refractivity contribution is 1.25. The third kappa shape index (κ3) is 5.38. The fourth-order valence-corrected chi connectivity index (χ4v) is 0.635. The SMILES string of the molecule is CC#N.ClCc1cccnc1. The number of pyridine rings is 1. The van der Waals surface area contributed by atoms with Gasteiger partial charge in [-0.2, -0.15) is 5.26 Å². The highest BCUT2D eigenvalue weighted by Gasteiger charge is 1.82. The Morgan fingerprint density at radius 3 is 2.64 bits per heavy atom. The molecule has 0 N–H and O–H groups in total. The third-order valence-electron chi connectivity index (χ3n) is 0.877. The van der Waals surface area contributed by atoms with Gasteiger partial charge in [0.25, 0.3) is 0 Å². The summed E-state index contributed by atoms with van der Waals surface area (Å²) in [5.74, 6) is 0.549. The zero-order valence-corrected chi connectivity index (χ0v) is 7.04. The maximum atomic E-state index is 7.32. The quantitative estimate of drug-likeness (QED) is 0.604. The molecule has 1 heterocycles. The fraction of sp³-hybridized carbons (Fsp3) is 0.250. The Hall–Kier alpha value is -1.07. The van der Waals surface area contributed by atoms with Gasteiger partial charge in [0, 0.05) is 25.2 Å². The molecule has 3 heteroatoms. The van der Waals surface area contributed by atoms with Crippen LogP contribution >= 0.6 is 11.6 Å². The molecule has 0 aromatic carbocycles. The molecule has 0 radical (unpaired) electrons. The summed E-state index contributed by atoms with van der Waals surface area (Å²) in [5.41, 5.74) is 1.06. The van der Waals surface area contributed by atoms with Gasteiger partial charge in [-0.15, -0.1) is 11.6 Å². The number of alkyl halides is 1. The average Bonchev–Trinajstić information content (AvgIpc) is 2.08. The van der Waals surface area contributed by atoms with Crippen LogP contribution in [0.2, 0.25) is 0 Å². The molecule has 1 rings (SSSR count). The summed E-state index contributed by atoms with van der Waals surface area (Å²) in [5, 5.41) is 7.32. The normalized spacial score (nSPS) is 7.36. The molecule has 0 spiro atoms. The van der Waals surface area contributed by atoms with E-state index in [1.807, 2.05) is 12.1 Å². The molecular weight excluding hydrogens is 160 g/mol. The molecule has 1 aromatic rings. The van der Waals surface area contributed by atoms with Crippen LogP contribution in [0.5, 0.6) is 0 Å². The summed E-state index contributed by atoms with van der Waals surface area (Å²) in [6.45, 7) is 1.43. The van der Waals surface area contributed by atoms with Crippen LogP contribution in [-0.4, -0.2) is 4.98 Å². The van der Waals surface area contributed by atoms with Crippen molar-refractivity contribution in [2.45, 2.75) is 12.8 Å². The maximum Gasteiger partial charge on any atom is 0.0587 e. The summed E-state index contributed by atoms with van der Waals surface area (Å²) >= 11 is 5.49. The number of aromatic nitrogens is 1. The monoisotopic (exact) mass is 168 g/mol. The summed E-state index contributed by atoms with van der Waals surface area (Å²) in [6.07, 6.45) is 3.49. The minimum Gasteiger partial charge on any atom is -0.264 e. The summed E-state index contributed by atoms with van der Waals surface area (Å²) in [6, 6.07) is 5.57. The largest absolute Gasteiger partial charge is 0.264 e. The molecule has 0 aliphatic rings. The van der Waals surface area contributed by atoms with Gasteiger partial charge < -0.3 is 0 Å². The van der Waals surface area contributed by atoms with Gasteiger partial charge in [0.1, 0.15) is 0 Å². The van der Waals surface area contributed by atoms with Crippen LogP contribution in [0.15, 0.2) is 24.5 Å². The molecule has 2 nitrogen and oxygen atoms in total. The molecule has 0 bridgehead atoms. The number of rotatable bonds is 1. The predicted octanol–water partition coefficient (Wildman–Crippen LogP) is 2.35. The van der Waals surface area contributed by atoms with Gasteiger partial charge in [-0.3, -0.25) is 4.98 Å². The Morgan fingerprint density at radius 2 is 2.36 bits per heavy atom. The van der Waals surface area contributed by atoms with Crippen LogP contribution in [-0.2, 0) is 5.88 Å². The Balaban J connectivity index is 0.000000292. The molecule has 1 aromatic heterocycles. The molecule has 0 amide bonds. The smallest absolute Gasteiger partial charge is 0.0587 e. The first-order valence-corrected chi connectivity index (χ1v) is 3.64. The summed E-state index contributed by atoms with van der Waals surface area (Å²) < 4.78 is 0. The summed E-state index contributed by atoms with van der Waals surface area (Å²) in [7, 11) is 0. The molecular formula is C8H9ClN2. The van der Waals surface area contributed by atoms with E-state index < -0.39 is 0 Å². The topological polar surface area (TPSA) is 36.7 Å². The lowest BCUT2D eigenvalue weighted by atomic mass is 10.3. The second-order valence-electron chi connectivity index (χ2n) is 1.72. The van der Waals surface area contributed by atoms with Crippen LogP contribution < -0.4 is 0 Å². The van der Waals surface area contributed by atoms with E-state index in [9.17, 15) is 0 Å². The Morgan fingerprint density at radius 1 is 1.73 bits per heavy atom. The molecule has 0 saturated carbocycles. The second-order valence-corrected chi connectivity index (χ2v) is 1.99. The van der Waals surface area contributed by atoms with Crippen LogP contribution in [0.1, 0.15) is 12.5 Å². The predicted molar refractivity (Wildman–Crippen MR) is 45.1 cm³/mol. The van der Waals surface area contributed by atoms with E-state index in [2.05, 4.69) is 4.98 Å². The minimum absolute atomic E-state index is 0.549. The van der Waals surface area contributed by atoms with E-state index in [1.54, 1.807) is 18.5 Å². The van der Waals surface area contributed by atoms with Crippen molar-refractivity contribution in [1.82, 2.24) is 4.98 Å². The fourth-order valence-electron chi connectivity index (χ4n) is 0.477. The van der Waals surface area contributed by atoms with Crippen molar-refractivity contribution in [3.8, 4) is 6.07 Å². The third-order valence-corrected chi connectivity index (χ3v) is 1.19. The van der Waals surface area contributed by atoms with Gasteiger partial charge in [-0.05, 0) is 11.6 Å². The first kappa shape index (κ1) is 9.93. The van der Waals surface area contributed by atoms with Crippen LogP contribution in [0.4, 0.5) is 0 Å². The number of nitriles is 1. The first-order valence-electron chi connectivity index (χ1n) is 3.10.